The number of rotatable bonds is 7. The number of hydrogen-bond donors (Lipinski definition) is 0. The van der Waals surface area contributed by atoms with Crippen LogP contribution in [0.5, 0.6) is 5.75 Å². The Hall–Kier alpha value is -2.05. The molecule has 0 spiro atoms. The van der Waals surface area contributed by atoms with Crippen molar-refractivity contribution in [2.75, 3.05) is 26.8 Å². The summed E-state index contributed by atoms with van der Waals surface area (Å²) in [5, 5.41) is 0. The van der Waals surface area contributed by atoms with Crippen LogP contribution in [0.2, 0.25) is 0 Å². The van der Waals surface area contributed by atoms with Gasteiger partial charge in [-0.1, -0.05) is 0 Å². The Kier molecular flexibility index (Phi) is 6.30. The lowest BCUT2D eigenvalue weighted by Crippen LogP contribution is -2.37. The number of likely N-dealkylation sites (tertiary alicyclic amines) is 1. The molecule has 0 aliphatic carbocycles. The van der Waals surface area contributed by atoms with Gasteiger partial charge in [-0.25, -0.2) is 14.4 Å². The monoisotopic (exact) mass is 345 g/mol. The van der Waals surface area contributed by atoms with Gasteiger partial charge in [0, 0.05) is 51.1 Å². The number of hydrogen-bond acceptors (Lipinski definition) is 5. The first-order chi connectivity index (χ1) is 12.2. The topological polar surface area (TPSA) is 47.5 Å². The van der Waals surface area contributed by atoms with Gasteiger partial charge in [0.15, 0.2) is 0 Å². The van der Waals surface area contributed by atoms with E-state index in [0.29, 0.717) is 6.61 Å². The molecule has 25 heavy (non-hydrogen) atoms. The third-order valence-electron chi connectivity index (χ3n) is 4.35. The van der Waals surface area contributed by atoms with E-state index >= 15 is 0 Å². The van der Waals surface area contributed by atoms with E-state index in [-0.39, 0.29) is 11.9 Å². The van der Waals surface area contributed by atoms with E-state index in [4.69, 9.17) is 9.47 Å². The number of piperidine rings is 1. The summed E-state index contributed by atoms with van der Waals surface area (Å²) in [6, 6.07) is 6.23. The quantitative estimate of drug-likeness (QED) is 0.772. The lowest BCUT2D eigenvalue weighted by Gasteiger charge is -2.32. The molecule has 1 aromatic carbocycles. The minimum atomic E-state index is -0.238. The van der Waals surface area contributed by atoms with Crippen molar-refractivity contribution in [3.63, 3.8) is 0 Å². The number of methoxy groups -OCH3 is 1. The Morgan fingerprint density at radius 1 is 1.12 bits per heavy atom. The predicted octanol–water partition coefficient (Wildman–Crippen LogP) is 2.85. The number of aromatic nitrogens is 2. The number of ether oxygens (including phenoxy) is 2. The highest BCUT2D eigenvalue weighted by molar-refractivity contribution is 5.22. The minimum Gasteiger partial charge on any atom is -0.490 e. The van der Waals surface area contributed by atoms with E-state index in [1.54, 1.807) is 19.2 Å². The first-order valence-corrected chi connectivity index (χ1v) is 8.66. The fourth-order valence-corrected chi connectivity index (χ4v) is 2.93. The largest absolute Gasteiger partial charge is 0.490 e. The fraction of sp³-hybridized carbons (Fsp3) is 0.474. The van der Waals surface area contributed by atoms with Crippen molar-refractivity contribution < 1.29 is 13.9 Å². The highest BCUT2D eigenvalue weighted by Gasteiger charge is 2.20. The molecule has 0 amide bonds. The number of halogens is 1. The molecule has 2 heterocycles. The summed E-state index contributed by atoms with van der Waals surface area (Å²) in [5.74, 6) is 1.31. The highest BCUT2D eigenvalue weighted by Crippen LogP contribution is 2.20. The van der Waals surface area contributed by atoms with Crippen LogP contribution in [0, 0.1) is 5.82 Å². The van der Waals surface area contributed by atoms with Crippen molar-refractivity contribution in [2.45, 2.75) is 31.9 Å². The van der Waals surface area contributed by atoms with Crippen LogP contribution >= 0.6 is 0 Å². The van der Waals surface area contributed by atoms with Gasteiger partial charge in [0.05, 0.1) is 6.61 Å². The summed E-state index contributed by atoms with van der Waals surface area (Å²) in [7, 11) is 1.68. The number of benzene rings is 1. The molecule has 0 bridgehead atoms. The predicted molar refractivity (Wildman–Crippen MR) is 92.9 cm³/mol. The van der Waals surface area contributed by atoms with Crippen LogP contribution in [0.1, 0.15) is 24.2 Å². The van der Waals surface area contributed by atoms with Crippen molar-refractivity contribution in [3.05, 3.63) is 53.9 Å². The normalized spacial score (nSPS) is 16.1. The Bertz CT molecular complexity index is 641. The third kappa shape index (κ3) is 5.47. The molecule has 1 aliphatic heterocycles. The van der Waals surface area contributed by atoms with Gasteiger partial charge < -0.3 is 9.47 Å². The molecule has 1 aliphatic rings. The van der Waals surface area contributed by atoms with E-state index in [2.05, 4.69) is 14.9 Å². The molecular formula is C19H24FN3O2. The van der Waals surface area contributed by atoms with Gasteiger partial charge in [0.1, 0.15) is 23.5 Å². The third-order valence-corrected chi connectivity index (χ3v) is 4.35. The SMILES string of the molecule is COCCc1ncc(CN2CCC(Oc3ccc(F)cc3)CC2)cn1. The van der Waals surface area contributed by atoms with Crippen molar-refractivity contribution in [2.24, 2.45) is 0 Å². The van der Waals surface area contributed by atoms with Gasteiger partial charge in [0.2, 0.25) is 0 Å². The van der Waals surface area contributed by atoms with Crippen molar-refractivity contribution >= 4 is 0 Å². The maximum absolute atomic E-state index is 12.9. The molecule has 134 valence electrons. The minimum absolute atomic E-state index is 0.189. The summed E-state index contributed by atoms with van der Waals surface area (Å²) in [6.07, 6.45) is 6.66. The maximum Gasteiger partial charge on any atom is 0.130 e. The van der Waals surface area contributed by atoms with Gasteiger partial charge in [-0.3, -0.25) is 4.90 Å². The summed E-state index contributed by atoms with van der Waals surface area (Å²) in [6.45, 7) is 3.43. The molecule has 1 saturated heterocycles. The molecule has 0 saturated carbocycles. The first-order valence-electron chi connectivity index (χ1n) is 8.66. The van der Waals surface area contributed by atoms with Gasteiger partial charge in [-0.2, -0.15) is 0 Å². The molecule has 0 N–H and O–H groups in total. The lowest BCUT2D eigenvalue weighted by molar-refractivity contribution is 0.0966. The Morgan fingerprint density at radius 2 is 1.80 bits per heavy atom. The van der Waals surface area contributed by atoms with Crippen LogP contribution in [-0.2, 0) is 17.7 Å². The van der Waals surface area contributed by atoms with Crippen LogP contribution in [0.4, 0.5) is 4.39 Å². The fourth-order valence-electron chi connectivity index (χ4n) is 2.93. The van der Waals surface area contributed by atoms with Crippen molar-refractivity contribution in [3.8, 4) is 5.75 Å². The van der Waals surface area contributed by atoms with Gasteiger partial charge in [-0.05, 0) is 37.1 Å². The molecule has 0 radical (unpaired) electrons. The van der Waals surface area contributed by atoms with E-state index in [1.165, 1.54) is 12.1 Å². The average Bonchev–Trinajstić information content (AvgIpc) is 2.65. The molecule has 1 aromatic heterocycles. The van der Waals surface area contributed by atoms with E-state index in [9.17, 15) is 4.39 Å². The molecule has 6 heteroatoms. The number of nitrogens with zero attached hydrogens (tertiary/aromatic N) is 3. The van der Waals surface area contributed by atoms with Gasteiger partial charge >= 0.3 is 0 Å². The molecule has 1 fully saturated rings. The summed E-state index contributed by atoms with van der Waals surface area (Å²) in [4.78, 5) is 11.2. The second kappa shape index (κ2) is 8.87. The Balaban J connectivity index is 1.43. The molecule has 5 nitrogen and oxygen atoms in total. The van der Waals surface area contributed by atoms with Gasteiger partial charge in [-0.15, -0.1) is 0 Å². The van der Waals surface area contributed by atoms with Crippen LogP contribution in [-0.4, -0.2) is 47.8 Å². The summed E-state index contributed by atoms with van der Waals surface area (Å²) >= 11 is 0. The van der Waals surface area contributed by atoms with E-state index in [0.717, 1.165) is 56.0 Å². The zero-order chi connectivity index (χ0) is 17.5. The van der Waals surface area contributed by atoms with E-state index < -0.39 is 0 Å². The average molecular weight is 345 g/mol. The van der Waals surface area contributed by atoms with Crippen LogP contribution in [0.3, 0.4) is 0 Å². The van der Waals surface area contributed by atoms with Crippen LogP contribution in [0.15, 0.2) is 36.7 Å². The summed E-state index contributed by atoms with van der Waals surface area (Å²) < 4.78 is 23.9. The molecular weight excluding hydrogens is 321 g/mol. The van der Waals surface area contributed by atoms with Gasteiger partial charge in [0.25, 0.3) is 0 Å². The smallest absolute Gasteiger partial charge is 0.130 e. The molecule has 3 rings (SSSR count). The zero-order valence-corrected chi connectivity index (χ0v) is 14.5. The van der Waals surface area contributed by atoms with E-state index in [1.807, 2.05) is 12.4 Å². The van der Waals surface area contributed by atoms with Crippen LogP contribution < -0.4 is 4.74 Å². The Morgan fingerprint density at radius 3 is 2.44 bits per heavy atom. The Labute approximate surface area is 147 Å². The highest BCUT2D eigenvalue weighted by atomic mass is 19.1. The second-order valence-corrected chi connectivity index (χ2v) is 6.30. The molecule has 0 unspecified atom stereocenters. The van der Waals surface area contributed by atoms with Crippen molar-refractivity contribution in [1.29, 1.82) is 0 Å². The van der Waals surface area contributed by atoms with Crippen molar-refractivity contribution in [1.82, 2.24) is 14.9 Å². The first kappa shape index (κ1) is 17.8. The standard InChI is InChI=1S/C19H24FN3O2/c1-24-11-8-19-21-12-15(13-22-19)14-23-9-6-18(7-10-23)25-17-4-2-16(20)3-5-17/h2-5,12-13,18H,6-11,14H2,1H3. The molecule has 0 atom stereocenters. The zero-order valence-electron chi connectivity index (χ0n) is 14.5. The van der Waals surface area contributed by atoms with Crippen LogP contribution in [0.25, 0.3) is 0 Å². The maximum atomic E-state index is 12.9. The lowest BCUT2D eigenvalue weighted by atomic mass is 10.1. The second-order valence-electron chi connectivity index (χ2n) is 6.30. The molecule has 2 aromatic rings. The summed E-state index contributed by atoms with van der Waals surface area (Å²) in [5.41, 5.74) is 1.12.